The van der Waals surface area contributed by atoms with E-state index >= 15 is 0 Å². The summed E-state index contributed by atoms with van der Waals surface area (Å²) in [6.07, 6.45) is 6.32. The second kappa shape index (κ2) is 7.18. The molecule has 0 amide bonds. The molecule has 1 saturated carbocycles. The Kier molecular flexibility index (Phi) is 4.80. The van der Waals surface area contributed by atoms with Crippen LogP contribution in [-0.4, -0.2) is 18.0 Å². The highest BCUT2D eigenvalue weighted by atomic mass is 16.5. The molecule has 24 heavy (non-hydrogen) atoms. The van der Waals surface area contributed by atoms with E-state index in [9.17, 15) is 9.90 Å². The van der Waals surface area contributed by atoms with E-state index in [4.69, 9.17) is 4.74 Å². The molecule has 0 aliphatic heterocycles. The Morgan fingerprint density at radius 2 is 1.58 bits per heavy atom. The molecule has 122 valence electrons. The van der Waals surface area contributed by atoms with Crippen LogP contribution in [0.3, 0.4) is 0 Å². The number of hydrogen-bond acceptors (Lipinski definition) is 3. The number of carbonyl (C=O) groups excluding carboxylic acids is 1. The summed E-state index contributed by atoms with van der Waals surface area (Å²) in [4.78, 5) is 12.7. The zero-order valence-corrected chi connectivity index (χ0v) is 13.7. The van der Waals surface area contributed by atoms with Crippen LogP contribution < -0.4 is 4.74 Å². The molecule has 0 saturated heterocycles. The van der Waals surface area contributed by atoms with Crippen molar-refractivity contribution in [1.29, 1.82) is 0 Å². The first kappa shape index (κ1) is 16.1. The van der Waals surface area contributed by atoms with Crippen molar-refractivity contribution in [3.63, 3.8) is 0 Å². The smallest absolute Gasteiger partial charge is 0.185 e. The summed E-state index contributed by atoms with van der Waals surface area (Å²) in [5, 5.41) is 9.57. The number of benzene rings is 2. The topological polar surface area (TPSA) is 46.5 Å². The highest BCUT2D eigenvalue weighted by Gasteiger charge is 2.20. The first-order valence-corrected chi connectivity index (χ1v) is 8.04. The van der Waals surface area contributed by atoms with Crippen LogP contribution in [0.4, 0.5) is 0 Å². The maximum absolute atomic E-state index is 12.7. The maximum atomic E-state index is 12.7. The van der Waals surface area contributed by atoms with Gasteiger partial charge in [-0.3, -0.25) is 4.79 Å². The summed E-state index contributed by atoms with van der Waals surface area (Å²) in [7, 11) is 1.63. The number of ether oxygens (including phenoxy) is 1. The predicted octanol–water partition coefficient (Wildman–Crippen LogP) is 4.62. The summed E-state index contributed by atoms with van der Waals surface area (Å²) in [6, 6.07) is 14.7. The van der Waals surface area contributed by atoms with Gasteiger partial charge in [-0.2, -0.15) is 0 Å². The van der Waals surface area contributed by atoms with Crippen LogP contribution in [0.2, 0.25) is 0 Å². The Bertz CT molecular complexity index is 815. The van der Waals surface area contributed by atoms with E-state index in [1.807, 2.05) is 42.5 Å². The van der Waals surface area contributed by atoms with Gasteiger partial charge in [0.15, 0.2) is 5.78 Å². The Morgan fingerprint density at radius 1 is 0.958 bits per heavy atom. The van der Waals surface area contributed by atoms with Gasteiger partial charge in [0.25, 0.3) is 0 Å². The fourth-order valence-electron chi connectivity index (χ4n) is 2.93. The molecule has 1 aliphatic rings. The van der Waals surface area contributed by atoms with Crippen molar-refractivity contribution in [1.82, 2.24) is 0 Å². The number of carbonyl (C=O) groups is 1. The van der Waals surface area contributed by atoms with Crippen LogP contribution >= 0.6 is 0 Å². The number of rotatable bonds is 3. The molecule has 3 heteroatoms. The lowest BCUT2D eigenvalue weighted by atomic mass is 9.87. The van der Waals surface area contributed by atoms with E-state index in [1.165, 1.54) is 0 Å². The fourth-order valence-corrected chi connectivity index (χ4v) is 2.93. The molecule has 3 nitrogen and oxygen atoms in total. The highest BCUT2D eigenvalue weighted by molar-refractivity contribution is 6.13. The molecule has 1 N–H and O–H groups in total. The summed E-state index contributed by atoms with van der Waals surface area (Å²) in [5.74, 6) is 1.08. The number of phenols is 1. The fraction of sp³-hybridized carbons (Fsp3) is 0.190. The van der Waals surface area contributed by atoms with Gasteiger partial charge in [0.2, 0.25) is 0 Å². The molecule has 3 rings (SSSR count). The van der Waals surface area contributed by atoms with E-state index in [0.717, 1.165) is 47.3 Å². The zero-order chi connectivity index (χ0) is 16.9. The minimum Gasteiger partial charge on any atom is -0.508 e. The number of Topliss-reactive ketones (excluding diaryl/α,β-unsaturated/α-hetero) is 1. The van der Waals surface area contributed by atoms with Gasteiger partial charge >= 0.3 is 0 Å². The standard InChI is InChI=1S/C21H20O3/c1-24-20-10-3-6-16(14-20)12-18-8-4-7-17(21(18)23)11-15-5-2-9-19(22)13-15/h2-3,5-6,9-14,22H,4,7-8H2,1H3/b17-11-,18-12+. The Morgan fingerprint density at radius 3 is 2.21 bits per heavy atom. The third-order valence-electron chi connectivity index (χ3n) is 4.12. The minimum absolute atomic E-state index is 0.0902. The van der Waals surface area contributed by atoms with Gasteiger partial charge in [0.05, 0.1) is 7.11 Å². The van der Waals surface area contributed by atoms with Gasteiger partial charge < -0.3 is 9.84 Å². The molecular formula is C21H20O3. The van der Waals surface area contributed by atoms with E-state index in [-0.39, 0.29) is 11.5 Å². The van der Waals surface area contributed by atoms with Crippen molar-refractivity contribution < 1.29 is 14.6 Å². The normalized spacial score (nSPS) is 18.1. The van der Waals surface area contributed by atoms with Crippen LogP contribution in [-0.2, 0) is 4.79 Å². The van der Waals surface area contributed by atoms with Crippen LogP contribution in [0, 0.1) is 0 Å². The number of methoxy groups -OCH3 is 1. The second-order valence-electron chi connectivity index (χ2n) is 5.89. The van der Waals surface area contributed by atoms with Crippen molar-refractivity contribution in [2.45, 2.75) is 19.3 Å². The van der Waals surface area contributed by atoms with Gasteiger partial charge in [0.1, 0.15) is 11.5 Å². The van der Waals surface area contributed by atoms with E-state index in [0.29, 0.717) is 0 Å². The largest absolute Gasteiger partial charge is 0.508 e. The SMILES string of the molecule is COc1cccc(/C=C2\CCC/C(=C/c3cccc(O)c3)C2=O)c1. The minimum atomic E-state index is 0.0902. The average Bonchev–Trinajstić information content (AvgIpc) is 2.59. The Balaban J connectivity index is 1.88. The number of aromatic hydroxyl groups is 1. The Hall–Kier alpha value is -2.81. The molecule has 0 radical (unpaired) electrons. The van der Waals surface area contributed by atoms with Gasteiger partial charge in [-0.05, 0) is 66.8 Å². The van der Waals surface area contributed by atoms with Gasteiger partial charge in [-0.1, -0.05) is 24.3 Å². The van der Waals surface area contributed by atoms with Crippen molar-refractivity contribution in [3.8, 4) is 11.5 Å². The molecule has 0 bridgehead atoms. The number of hydrogen-bond donors (Lipinski definition) is 1. The molecule has 2 aromatic carbocycles. The first-order chi connectivity index (χ1) is 11.7. The van der Waals surface area contributed by atoms with E-state index in [1.54, 1.807) is 25.3 Å². The van der Waals surface area contributed by atoms with E-state index in [2.05, 4.69) is 0 Å². The van der Waals surface area contributed by atoms with Crippen LogP contribution in [0.1, 0.15) is 30.4 Å². The highest BCUT2D eigenvalue weighted by Crippen LogP contribution is 2.29. The maximum Gasteiger partial charge on any atom is 0.185 e. The van der Waals surface area contributed by atoms with Crippen molar-refractivity contribution >= 4 is 17.9 Å². The van der Waals surface area contributed by atoms with Crippen LogP contribution in [0.5, 0.6) is 11.5 Å². The summed E-state index contributed by atoms with van der Waals surface area (Å²) >= 11 is 0. The molecule has 1 aliphatic carbocycles. The first-order valence-electron chi connectivity index (χ1n) is 8.04. The molecule has 0 heterocycles. The lowest BCUT2D eigenvalue weighted by Gasteiger charge is -2.16. The summed E-state index contributed by atoms with van der Waals surface area (Å²) < 4.78 is 5.23. The van der Waals surface area contributed by atoms with Crippen molar-refractivity contribution in [2.24, 2.45) is 0 Å². The molecule has 0 spiro atoms. The van der Waals surface area contributed by atoms with Gasteiger partial charge in [-0.15, -0.1) is 0 Å². The number of ketones is 1. The molecule has 0 atom stereocenters. The average molecular weight is 320 g/mol. The lowest BCUT2D eigenvalue weighted by Crippen LogP contribution is -2.12. The van der Waals surface area contributed by atoms with E-state index < -0.39 is 0 Å². The molecule has 0 unspecified atom stereocenters. The van der Waals surface area contributed by atoms with Crippen molar-refractivity contribution in [3.05, 3.63) is 70.8 Å². The van der Waals surface area contributed by atoms with Crippen LogP contribution in [0.25, 0.3) is 12.2 Å². The van der Waals surface area contributed by atoms with Gasteiger partial charge in [-0.25, -0.2) is 0 Å². The quantitative estimate of drug-likeness (QED) is 0.839. The number of allylic oxidation sites excluding steroid dienone is 2. The molecule has 2 aromatic rings. The monoisotopic (exact) mass is 320 g/mol. The third-order valence-corrected chi connectivity index (χ3v) is 4.12. The second-order valence-corrected chi connectivity index (χ2v) is 5.89. The predicted molar refractivity (Wildman–Crippen MR) is 95.9 cm³/mol. The summed E-state index contributed by atoms with van der Waals surface area (Å²) in [5.41, 5.74) is 3.43. The molecule has 0 aromatic heterocycles. The summed E-state index contributed by atoms with van der Waals surface area (Å²) in [6.45, 7) is 0. The number of phenolic OH excluding ortho intramolecular Hbond substituents is 1. The van der Waals surface area contributed by atoms with Gasteiger partial charge in [0, 0.05) is 11.1 Å². The zero-order valence-electron chi connectivity index (χ0n) is 13.7. The molecular weight excluding hydrogens is 300 g/mol. The van der Waals surface area contributed by atoms with Crippen LogP contribution in [0.15, 0.2) is 59.7 Å². The Labute approximate surface area is 141 Å². The lowest BCUT2D eigenvalue weighted by molar-refractivity contribution is -0.112. The van der Waals surface area contributed by atoms with Crippen molar-refractivity contribution in [2.75, 3.05) is 7.11 Å². The molecule has 1 fully saturated rings. The third kappa shape index (κ3) is 3.74.